The Balaban J connectivity index is 1.50. The van der Waals surface area contributed by atoms with Gasteiger partial charge in [0, 0.05) is 34.6 Å². The molecule has 42 heavy (non-hydrogen) atoms. The molecule has 10 heteroatoms. The zero-order valence-corrected chi connectivity index (χ0v) is 23.2. The summed E-state index contributed by atoms with van der Waals surface area (Å²) in [5.41, 5.74) is 5.84. The number of aliphatic hydroxyl groups is 1. The maximum atomic E-state index is 15.8. The molecule has 7 nitrogen and oxygen atoms in total. The van der Waals surface area contributed by atoms with Crippen molar-refractivity contribution in [2.45, 2.75) is 69.8 Å². The van der Waals surface area contributed by atoms with Gasteiger partial charge in [-0.05, 0) is 86.6 Å². The first-order chi connectivity index (χ1) is 19.9. The summed E-state index contributed by atoms with van der Waals surface area (Å²) in [5.74, 6) is -3.23. The number of hydrogen-bond acceptors (Lipinski definition) is 5. The molecule has 2 saturated heterocycles. The van der Waals surface area contributed by atoms with Crippen LogP contribution in [0.3, 0.4) is 0 Å². The lowest BCUT2D eigenvalue weighted by Crippen LogP contribution is -2.50. The predicted molar refractivity (Wildman–Crippen MR) is 152 cm³/mol. The van der Waals surface area contributed by atoms with Crippen molar-refractivity contribution in [2.75, 3.05) is 0 Å². The second kappa shape index (κ2) is 10.3. The molecule has 2 unspecified atom stereocenters. The van der Waals surface area contributed by atoms with E-state index in [-0.39, 0.29) is 52.8 Å². The van der Waals surface area contributed by atoms with Gasteiger partial charge in [0.05, 0.1) is 23.9 Å². The van der Waals surface area contributed by atoms with E-state index >= 15 is 8.78 Å². The summed E-state index contributed by atoms with van der Waals surface area (Å²) < 4.78 is 47.4. The molecule has 3 N–H and O–H groups in total. The van der Waals surface area contributed by atoms with E-state index < -0.39 is 23.1 Å². The molecule has 4 aromatic rings. The number of benzene rings is 3. The Morgan fingerprint density at radius 2 is 1.76 bits per heavy atom. The lowest BCUT2D eigenvalue weighted by molar-refractivity contribution is 0.0572. The molecule has 1 amide bonds. The molecule has 0 aliphatic carbocycles. The number of amides is 1. The average Bonchev–Trinajstić information content (AvgIpc) is 3.46. The number of fused-ring (bicyclic) bond motifs is 3. The summed E-state index contributed by atoms with van der Waals surface area (Å²) in [5, 5.41) is 23.9. The average molecular weight is 574 g/mol. The molecule has 0 saturated carbocycles. The van der Waals surface area contributed by atoms with Crippen molar-refractivity contribution in [3.8, 4) is 28.3 Å². The second-order valence-corrected chi connectivity index (χ2v) is 12.0. The minimum atomic E-state index is -1.21. The van der Waals surface area contributed by atoms with E-state index in [1.807, 2.05) is 4.90 Å². The molecule has 2 fully saturated rings. The number of piperidine rings is 1. The zero-order valence-electron chi connectivity index (χ0n) is 23.2. The molecule has 2 bridgehead atoms. The van der Waals surface area contributed by atoms with Gasteiger partial charge in [0.15, 0.2) is 11.6 Å². The normalized spacial score (nSPS) is 20.2. The van der Waals surface area contributed by atoms with Crippen LogP contribution in [0.1, 0.15) is 55.5 Å². The number of nitriles is 1. The van der Waals surface area contributed by atoms with Gasteiger partial charge in [-0.25, -0.2) is 13.2 Å². The SMILES string of the molecule is CC(C)(O)Cn1ncc2cc(-c3ccc(C(=O)N4C5CCC4CC(N)C5)cc3-c3ccc(C#N)c(F)c3)c(F)c(F)c21. The van der Waals surface area contributed by atoms with Crippen molar-refractivity contribution in [2.24, 2.45) is 5.73 Å². The number of carbonyl (C=O) groups is 1. The van der Waals surface area contributed by atoms with E-state index in [1.165, 1.54) is 29.1 Å². The number of rotatable bonds is 5. The van der Waals surface area contributed by atoms with E-state index in [0.29, 0.717) is 22.1 Å². The van der Waals surface area contributed by atoms with Crippen molar-refractivity contribution in [1.29, 1.82) is 5.26 Å². The van der Waals surface area contributed by atoms with Gasteiger partial charge in [-0.15, -0.1) is 0 Å². The Morgan fingerprint density at radius 3 is 2.40 bits per heavy atom. The van der Waals surface area contributed by atoms with Crippen LogP contribution < -0.4 is 5.73 Å². The van der Waals surface area contributed by atoms with E-state index in [1.54, 1.807) is 38.1 Å². The monoisotopic (exact) mass is 573 g/mol. The number of hydrogen-bond donors (Lipinski definition) is 2. The van der Waals surface area contributed by atoms with E-state index in [2.05, 4.69) is 5.10 Å². The van der Waals surface area contributed by atoms with Crippen LogP contribution >= 0.6 is 0 Å². The number of aromatic nitrogens is 2. The fraction of sp³-hybridized carbons (Fsp3) is 0.344. The summed E-state index contributed by atoms with van der Waals surface area (Å²) in [7, 11) is 0. The highest BCUT2D eigenvalue weighted by Gasteiger charge is 2.42. The largest absolute Gasteiger partial charge is 0.389 e. The van der Waals surface area contributed by atoms with Crippen LogP contribution in [-0.4, -0.2) is 49.4 Å². The minimum Gasteiger partial charge on any atom is -0.389 e. The van der Waals surface area contributed by atoms with Gasteiger partial charge in [0.25, 0.3) is 5.91 Å². The summed E-state index contributed by atoms with van der Waals surface area (Å²) in [6, 6.07) is 12.0. The lowest BCUT2D eigenvalue weighted by Gasteiger charge is -2.38. The maximum absolute atomic E-state index is 15.8. The van der Waals surface area contributed by atoms with Gasteiger partial charge in [-0.3, -0.25) is 9.48 Å². The molecular formula is C32H30F3N5O2. The highest BCUT2D eigenvalue weighted by Crippen LogP contribution is 2.40. The van der Waals surface area contributed by atoms with Crippen LogP contribution in [-0.2, 0) is 6.54 Å². The minimum absolute atomic E-state index is 0.0381. The van der Waals surface area contributed by atoms with E-state index in [0.717, 1.165) is 31.7 Å². The zero-order chi connectivity index (χ0) is 29.9. The third-order valence-electron chi connectivity index (χ3n) is 8.30. The van der Waals surface area contributed by atoms with Gasteiger partial charge in [-0.2, -0.15) is 10.4 Å². The summed E-state index contributed by atoms with van der Waals surface area (Å²) in [4.78, 5) is 15.7. The third-order valence-corrected chi connectivity index (χ3v) is 8.30. The van der Waals surface area contributed by atoms with Crippen LogP contribution in [0, 0.1) is 28.8 Å². The van der Waals surface area contributed by atoms with Gasteiger partial charge in [0.1, 0.15) is 17.4 Å². The Morgan fingerprint density at radius 1 is 1.05 bits per heavy atom. The van der Waals surface area contributed by atoms with Crippen molar-refractivity contribution in [1.82, 2.24) is 14.7 Å². The first kappa shape index (κ1) is 27.9. The fourth-order valence-electron chi connectivity index (χ4n) is 6.49. The molecular weight excluding hydrogens is 543 g/mol. The van der Waals surface area contributed by atoms with Crippen LogP contribution in [0.5, 0.6) is 0 Å². The van der Waals surface area contributed by atoms with Crippen LogP contribution in [0.4, 0.5) is 13.2 Å². The van der Waals surface area contributed by atoms with Crippen LogP contribution in [0.2, 0.25) is 0 Å². The summed E-state index contributed by atoms with van der Waals surface area (Å²) in [6.07, 6.45) is 4.59. The number of nitrogens with two attached hydrogens (primary N) is 1. The smallest absolute Gasteiger partial charge is 0.254 e. The first-order valence-corrected chi connectivity index (χ1v) is 13.9. The van der Waals surface area contributed by atoms with Crippen molar-refractivity contribution in [3.63, 3.8) is 0 Å². The van der Waals surface area contributed by atoms with Crippen molar-refractivity contribution >= 4 is 16.8 Å². The molecule has 0 radical (unpaired) electrons. The van der Waals surface area contributed by atoms with Crippen molar-refractivity contribution < 1.29 is 23.1 Å². The van der Waals surface area contributed by atoms with Gasteiger partial charge < -0.3 is 15.7 Å². The first-order valence-electron chi connectivity index (χ1n) is 13.9. The van der Waals surface area contributed by atoms with E-state index in [4.69, 9.17) is 5.73 Å². The summed E-state index contributed by atoms with van der Waals surface area (Å²) >= 11 is 0. The van der Waals surface area contributed by atoms with Crippen LogP contribution in [0.25, 0.3) is 33.2 Å². The summed E-state index contributed by atoms with van der Waals surface area (Å²) in [6.45, 7) is 3.03. The predicted octanol–water partition coefficient (Wildman–Crippen LogP) is 5.52. The molecule has 6 rings (SSSR count). The Bertz CT molecular complexity index is 1760. The molecule has 3 heterocycles. The third kappa shape index (κ3) is 4.82. The number of carbonyl (C=O) groups excluding carboxylic acids is 1. The fourth-order valence-corrected chi connectivity index (χ4v) is 6.49. The van der Waals surface area contributed by atoms with Gasteiger partial charge in [0.2, 0.25) is 0 Å². The second-order valence-electron chi connectivity index (χ2n) is 12.0. The van der Waals surface area contributed by atoms with Crippen LogP contribution in [0.15, 0.2) is 48.7 Å². The van der Waals surface area contributed by atoms with Crippen molar-refractivity contribution in [3.05, 3.63) is 77.2 Å². The quantitative estimate of drug-likeness (QED) is 0.327. The van der Waals surface area contributed by atoms with Gasteiger partial charge >= 0.3 is 0 Å². The molecule has 216 valence electrons. The Hall–Kier alpha value is -4.20. The molecule has 2 aliphatic rings. The molecule has 2 atom stereocenters. The lowest BCUT2D eigenvalue weighted by atomic mass is 9.90. The topological polar surface area (TPSA) is 108 Å². The Kier molecular flexibility index (Phi) is 6.83. The molecule has 2 aliphatic heterocycles. The number of nitrogens with zero attached hydrogens (tertiary/aromatic N) is 4. The van der Waals surface area contributed by atoms with Gasteiger partial charge in [-0.1, -0.05) is 12.1 Å². The standard InChI is InChI=1S/C32H30F3N5O2/c1-32(2,42)16-39-30-20(15-38-39)10-26(28(34)29(30)35)24-8-5-18(9-25(24)17-3-4-19(14-36)27(33)11-17)31(41)40-22-6-7-23(40)13-21(37)12-22/h3-5,8-11,15,21-23,42H,6-7,12-13,16,37H2,1-2H3. The highest BCUT2D eigenvalue weighted by molar-refractivity contribution is 5.99. The maximum Gasteiger partial charge on any atom is 0.254 e. The highest BCUT2D eigenvalue weighted by atomic mass is 19.2. The molecule has 0 spiro atoms. The molecule has 3 aromatic carbocycles. The Labute approximate surface area is 241 Å². The number of halogens is 3. The van der Waals surface area contributed by atoms with E-state index in [9.17, 15) is 19.6 Å². The molecule has 1 aromatic heterocycles.